The standard InChI is InChI=1S/C3HClNO/c4-3-1-2-6-5-3/h1H. The van der Waals surface area contributed by atoms with E-state index in [0.29, 0.717) is 5.15 Å². The van der Waals surface area contributed by atoms with Crippen LogP contribution < -0.4 is 0 Å². The molecule has 0 spiro atoms. The molecule has 1 radical (unpaired) electrons. The molecule has 0 unspecified atom stereocenters. The summed E-state index contributed by atoms with van der Waals surface area (Å²) >= 11 is 5.22. The zero-order valence-electron chi connectivity index (χ0n) is 2.81. The molecular formula is C3HClNO. The molecule has 3 heteroatoms. The molecule has 0 amide bonds. The first kappa shape index (κ1) is 3.68. The van der Waals surface area contributed by atoms with Crippen molar-refractivity contribution >= 4 is 11.6 Å². The third-order valence-corrected chi connectivity index (χ3v) is 0.542. The summed E-state index contributed by atoms with van der Waals surface area (Å²) in [6.45, 7) is 0. The van der Waals surface area contributed by atoms with Crippen LogP contribution >= 0.6 is 11.6 Å². The first-order valence-corrected chi connectivity index (χ1v) is 1.75. The lowest BCUT2D eigenvalue weighted by Gasteiger charge is -1.58. The summed E-state index contributed by atoms with van der Waals surface area (Å²) in [7, 11) is 0. The fourth-order valence-electron chi connectivity index (χ4n) is 0.171. The van der Waals surface area contributed by atoms with Gasteiger partial charge in [0.05, 0.1) is 0 Å². The Morgan fingerprint density at radius 2 is 2.83 bits per heavy atom. The second kappa shape index (κ2) is 1.30. The first-order chi connectivity index (χ1) is 2.89. The number of hydrogen-bond donors (Lipinski definition) is 0. The SMILES string of the molecule is Clc1c[c]on1. The molecule has 0 fully saturated rings. The molecule has 0 saturated carbocycles. The highest BCUT2D eigenvalue weighted by molar-refractivity contribution is 6.29. The smallest absolute Gasteiger partial charge is 0.206 e. The number of hydrogen-bond acceptors (Lipinski definition) is 2. The van der Waals surface area contributed by atoms with Crippen LogP contribution in [0.25, 0.3) is 0 Å². The lowest BCUT2D eigenvalue weighted by Crippen LogP contribution is -1.49. The number of nitrogens with zero attached hydrogens (tertiary/aromatic N) is 1. The largest absolute Gasteiger partial charge is 0.351 e. The zero-order chi connectivity index (χ0) is 4.41. The van der Waals surface area contributed by atoms with Gasteiger partial charge in [-0.2, -0.15) is 0 Å². The van der Waals surface area contributed by atoms with Crippen LogP contribution in [0.4, 0.5) is 0 Å². The molecule has 0 saturated heterocycles. The van der Waals surface area contributed by atoms with E-state index in [2.05, 4.69) is 15.9 Å². The van der Waals surface area contributed by atoms with E-state index in [9.17, 15) is 0 Å². The van der Waals surface area contributed by atoms with Gasteiger partial charge in [-0.05, 0) is 0 Å². The topological polar surface area (TPSA) is 26.0 Å². The van der Waals surface area contributed by atoms with Crippen LogP contribution in [0.2, 0.25) is 5.15 Å². The monoisotopic (exact) mass is 102 g/mol. The summed E-state index contributed by atoms with van der Waals surface area (Å²) in [6, 6.07) is 1.45. The summed E-state index contributed by atoms with van der Waals surface area (Å²) in [5, 5.41) is 3.59. The van der Waals surface area contributed by atoms with Gasteiger partial charge in [0.15, 0.2) is 5.15 Å². The van der Waals surface area contributed by atoms with Crippen molar-refractivity contribution in [1.82, 2.24) is 5.16 Å². The van der Waals surface area contributed by atoms with Gasteiger partial charge < -0.3 is 4.52 Å². The van der Waals surface area contributed by atoms with E-state index in [-0.39, 0.29) is 0 Å². The molecule has 31 valence electrons. The zero-order valence-corrected chi connectivity index (χ0v) is 3.57. The van der Waals surface area contributed by atoms with Crippen molar-refractivity contribution in [3.8, 4) is 0 Å². The fraction of sp³-hybridized carbons (Fsp3) is 0. The molecule has 0 aliphatic heterocycles. The molecule has 1 heterocycles. The van der Waals surface area contributed by atoms with E-state index in [1.165, 1.54) is 6.07 Å². The van der Waals surface area contributed by atoms with E-state index in [1.54, 1.807) is 0 Å². The molecule has 0 aliphatic carbocycles. The lowest BCUT2D eigenvalue weighted by atomic mass is 10.8. The molecular weight excluding hydrogens is 101 g/mol. The average molecular weight is 102 g/mol. The summed E-state index contributed by atoms with van der Waals surface area (Å²) in [5.74, 6) is 0. The van der Waals surface area contributed by atoms with Crippen LogP contribution in [0.3, 0.4) is 0 Å². The van der Waals surface area contributed by atoms with Gasteiger partial charge in [0.1, 0.15) is 0 Å². The van der Waals surface area contributed by atoms with E-state index in [0.717, 1.165) is 0 Å². The van der Waals surface area contributed by atoms with Gasteiger partial charge in [0.2, 0.25) is 6.26 Å². The lowest BCUT2D eigenvalue weighted by molar-refractivity contribution is 0.413. The minimum Gasteiger partial charge on any atom is -0.351 e. The molecule has 6 heavy (non-hydrogen) atoms. The maximum absolute atomic E-state index is 5.22. The Balaban J connectivity index is 3.05. The van der Waals surface area contributed by atoms with Crippen molar-refractivity contribution in [1.29, 1.82) is 0 Å². The maximum Gasteiger partial charge on any atom is 0.206 e. The molecule has 1 aromatic heterocycles. The third-order valence-electron chi connectivity index (χ3n) is 0.364. The Kier molecular flexibility index (Phi) is 0.801. The van der Waals surface area contributed by atoms with Gasteiger partial charge in [-0.1, -0.05) is 16.8 Å². The van der Waals surface area contributed by atoms with Gasteiger partial charge in [-0.25, -0.2) is 0 Å². The first-order valence-electron chi connectivity index (χ1n) is 1.38. The van der Waals surface area contributed by atoms with Crippen molar-refractivity contribution in [2.45, 2.75) is 0 Å². The second-order valence-electron chi connectivity index (χ2n) is 0.767. The molecule has 2 nitrogen and oxygen atoms in total. The molecule has 0 bridgehead atoms. The number of halogens is 1. The van der Waals surface area contributed by atoms with Gasteiger partial charge in [0, 0.05) is 6.07 Å². The van der Waals surface area contributed by atoms with Crippen LogP contribution in [0.15, 0.2) is 10.6 Å². The summed E-state index contributed by atoms with van der Waals surface area (Å²) < 4.78 is 4.21. The van der Waals surface area contributed by atoms with Crippen LogP contribution in [0.1, 0.15) is 0 Å². The van der Waals surface area contributed by atoms with Gasteiger partial charge in [-0.3, -0.25) is 0 Å². The third kappa shape index (κ3) is 0.518. The van der Waals surface area contributed by atoms with E-state index in [4.69, 9.17) is 11.6 Å². The molecule has 0 aromatic carbocycles. The summed E-state index contributed by atoms with van der Waals surface area (Å²) in [5.41, 5.74) is 0. The number of rotatable bonds is 0. The van der Waals surface area contributed by atoms with Crippen LogP contribution in [-0.2, 0) is 0 Å². The molecule has 1 rings (SSSR count). The van der Waals surface area contributed by atoms with Crippen molar-refractivity contribution in [3.05, 3.63) is 17.5 Å². The normalized spacial score (nSPS) is 8.83. The van der Waals surface area contributed by atoms with E-state index >= 15 is 0 Å². The highest BCUT2D eigenvalue weighted by Gasteiger charge is 1.82. The Morgan fingerprint density at radius 3 is 3.00 bits per heavy atom. The van der Waals surface area contributed by atoms with Gasteiger partial charge in [0.25, 0.3) is 0 Å². The number of aromatic nitrogens is 1. The highest BCUT2D eigenvalue weighted by atomic mass is 35.5. The maximum atomic E-state index is 5.22. The predicted octanol–water partition coefficient (Wildman–Crippen LogP) is 1.13. The van der Waals surface area contributed by atoms with Gasteiger partial charge >= 0.3 is 0 Å². The highest BCUT2D eigenvalue weighted by Crippen LogP contribution is 1.98. The fourth-order valence-corrected chi connectivity index (χ4v) is 0.250. The van der Waals surface area contributed by atoms with Crippen molar-refractivity contribution < 1.29 is 4.52 Å². The average Bonchev–Trinajstić information content (AvgIpc) is 1.86. The van der Waals surface area contributed by atoms with Crippen molar-refractivity contribution in [2.24, 2.45) is 0 Å². The molecule has 1 aromatic rings. The molecule has 0 N–H and O–H groups in total. The van der Waals surface area contributed by atoms with E-state index in [1.807, 2.05) is 0 Å². The van der Waals surface area contributed by atoms with Gasteiger partial charge in [-0.15, -0.1) is 0 Å². The summed E-state index contributed by atoms with van der Waals surface area (Å²) in [6.07, 6.45) is 2.31. The summed E-state index contributed by atoms with van der Waals surface area (Å²) in [4.78, 5) is 0. The Morgan fingerprint density at radius 1 is 2.00 bits per heavy atom. The van der Waals surface area contributed by atoms with Crippen LogP contribution in [0, 0.1) is 6.26 Å². The predicted molar refractivity (Wildman–Crippen MR) is 20.3 cm³/mol. The van der Waals surface area contributed by atoms with Crippen molar-refractivity contribution in [2.75, 3.05) is 0 Å². The minimum absolute atomic E-state index is 0.343. The Bertz CT molecular complexity index is 114. The Labute approximate surface area is 39.7 Å². The molecule has 0 atom stereocenters. The van der Waals surface area contributed by atoms with Crippen LogP contribution in [-0.4, -0.2) is 5.16 Å². The van der Waals surface area contributed by atoms with Crippen LogP contribution in [0.5, 0.6) is 0 Å². The van der Waals surface area contributed by atoms with E-state index < -0.39 is 0 Å². The Hall–Kier alpha value is -0.500. The van der Waals surface area contributed by atoms with Crippen molar-refractivity contribution in [3.63, 3.8) is 0 Å². The minimum atomic E-state index is 0.343. The molecule has 0 aliphatic rings. The quantitative estimate of drug-likeness (QED) is 0.491. The second-order valence-corrected chi connectivity index (χ2v) is 1.15.